The van der Waals surface area contributed by atoms with Gasteiger partial charge in [-0.25, -0.2) is 4.68 Å². The Labute approximate surface area is 164 Å². The highest BCUT2D eigenvalue weighted by molar-refractivity contribution is 5.76. The van der Waals surface area contributed by atoms with Crippen molar-refractivity contribution < 1.29 is 4.79 Å². The van der Waals surface area contributed by atoms with Gasteiger partial charge in [0.25, 0.3) is 0 Å². The number of rotatable bonds is 4. The molecule has 1 fully saturated rings. The number of likely N-dealkylation sites (tertiary alicyclic amines) is 1. The third-order valence-electron chi connectivity index (χ3n) is 5.61. The molecule has 0 spiro atoms. The molecular formula is C20H27N7O. The number of fused-ring (bicyclic) bond motifs is 1. The number of carbonyl (C=O) groups excluding carboxylic acids is 1. The molecule has 4 heterocycles. The van der Waals surface area contributed by atoms with Gasteiger partial charge in [-0.15, -0.1) is 15.3 Å². The largest absolute Gasteiger partial charge is 0.343 e. The summed E-state index contributed by atoms with van der Waals surface area (Å²) in [7, 11) is 0. The summed E-state index contributed by atoms with van der Waals surface area (Å²) in [6.45, 7) is 7.71. The smallest absolute Gasteiger partial charge is 0.222 e. The van der Waals surface area contributed by atoms with Gasteiger partial charge in [0.15, 0.2) is 17.3 Å². The molecule has 0 atom stereocenters. The van der Waals surface area contributed by atoms with Crippen LogP contribution in [0.1, 0.15) is 54.9 Å². The average molecular weight is 381 g/mol. The minimum absolute atomic E-state index is 0.258. The number of hydrogen-bond donors (Lipinski definition) is 0. The van der Waals surface area contributed by atoms with Crippen LogP contribution in [0.4, 0.5) is 0 Å². The quantitative estimate of drug-likeness (QED) is 0.694. The van der Waals surface area contributed by atoms with Crippen LogP contribution < -0.4 is 0 Å². The molecule has 0 aromatic carbocycles. The van der Waals surface area contributed by atoms with E-state index in [4.69, 9.17) is 0 Å². The Morgan fingerprint density at radius 3 is 2.50 bits per heavy atom. The molecule has 0 unspecified atom stereocenters. The zero-order chi connectivity index (χ0) is 19.7. The highest BCUT2D eigenvalue weighted by atomic mass is 16.2. The van der Waals surface area contributed by atoms with E-state index in [1.807, 2.05) is 42.5 Å². The zero-order valence-electron chi connectivity index (χ0n) is 16.9. The van der Waals surface area contributed by atoms with E-state index < -0.39 is 0 Å². The molecule has 4 rings (SSSR count). The summed E-state index contributed by atoms with van der Waals surface area (Å²) in [6.07, 6.45) is 5.96. The van der Waals surface area contributed by atoms with E-state index in [2.05, 4.69) is 20.4 Å². The van der Waals surface area contributed by atoms with Crippen molar-refractivity contribution in [2.75, 3.05) is 13.1 Å². The summed E-state index contributed by atoms with van der Waals surface area (Å²) >= 11 is 0. The van der Waals surface area contributed by atoms with Crippen molar-refractivity contribution in [2.45, 2.75) is 59.3 Å². The van der Waals surface area contributed by atoms with E-state index >= 15 is 0 Å². The second-order valence-electron chi connectivity index (χ2n) is 7.56. The summed E-state index contributed by atoms with van der Waals surface area (Å²) in [5.41, 5.74) is 3.82. The molecule has 148 valence electrons. The molecule has 28 heavy (non-hydrogen) atoms. The number of aromatic nitrogens is 6. The third-order valence-corrected chi connectivity index (χ3v) is 5.61. The molecular weight excluding hydrogens is 354 g/mol. The van der Waals surface area contributed by atoms with Gasteiger partial charge in [0.2, 0.25) is 5.91 Å². The van der Waals surface area contributed by atoms with Crippen LogP contribution in [0.2, 0.25) is 0 Å². The van der Waals surface area contributed by atoms with E-state index in [0.29, 0.717) is 18.5 Å². The fraction of sp³-hybridized carbons (Fsp3) is 0.550. The molecule has 1 amide bonds. The molecule has 1 aliphatic rings. The molecule has 8 nitrogen and oxygen atoms in total. The Kier molecular flexibility index (Phi) is 5.11. The van der Waals surface area contributed by atoms with Gasteiger partial charge in [-0.05, 0) is 57.7 Å². The van der Waals surface area contributed by atoms with Crippen LogP contribution in [-0.2, 0) is 11.2 Å². The van der Waals surface area contributed by atoms with Crippen LogP contribution in [0.5, 0.6) is 0 Å². The number of amides is 1. The average Bonchev–Trinajstić information content (AvgIpc) is 3.05. The fourth-order valence-electron chi connectivity index (χ4n) is 3.97. The molecule has 1 saturated heterocycles. The van der Waals surface area contributed by atoms with Gasteiger partial charge in [0.1, 0.15) is 0 Å². The van der Waals surface area contributed by atoms with Crippen molar-refractivity contribution in [3.8, 4) is 5.82 Å². The number of nitrogens with zero attached hydrogens (tertiary/aromatic N) is 7. The van der Waals surface area contributed by atoms with E-state index in [-0.39, 0.29) is 5.91 Å². The number of carbonyl (C=O) groups is 1. The second-order valence-corrected chi connectivity index (χ2v) is 7.56. The third kappa shape index (κ3) is 3.50. The molecule has 8 heteroatoms. The number of hydrogen-bond acceptors (Lipinski definition) is 5. The topological polar surface area (TPSA) is 81.2 Å². The minimum Gasteiger partial charge on any atom is -0.343 e. The maximum absolute atomic E-state index is 12.6. The summed E-state index contributed by atoms with van der Waals surface area (Å²) in [5.74, 6) is 1.72. The second kappa shape index (κ2) is 7.69. The Morgan fingerprint density at radius 1 is 1.00 bits per heavy atom. The minimum atomic E-state index is 0.258. The van der Waals surface area contributed by atoms with Gasteiger partial charge in [-0.3, -0.25) is 4.79 Å². The molecule has 0 bridgehead atoms. The monoisotopic (exact) mass is 381 g/mol. The SMILES string of the molecule is Cc1nn(-c2ccc3nnc(C)n3n2)c(C)c1CCC(=O)N1CCCCCC1. The van der Waals surface area contributed by atoms with Crippen molar-refractivity contribution in [2.24, 2.45) is 0 Å². The van der Waals surface area contributed by atoms with Gasteiger partial charge in [0.05, 0.1) is 5.69 Å². The van der Waals surface area contributed by atoms with Gasteiger partial charge in [-0.1, -0.05) is 12.8 Å². The van der Waals surface area contributed by atoms with Crippen LogP contribution in [-0.4, -0.2) is 53.5 Å². The summed E-state index contributed by atoms with van der Waals surface area (Å²) < 4.78 is 3.56. The Hall–Kier alpha value is -2.77. The molecule has 0 N–H and O–H groups in total. The highest BCUT2D eigenvalue weighted by Gasteiger charge is 2.19. The van der Waals surface area contributed by atoms with Crippen molar-refractivity contribution >= 4 is 11.6 Å². The van der Waals surface area contributed by atoms with Crippen LogP contribution in [0.15, 0.2) is 12.1 Å². The van der Waals surface area contributed by atoms with Crippen LogP contribution in [0.3, 0.4) is 0 Å². The van der Waals surface area contributed by atoms with E-state index in [1.165, 1.54) is 12.8 Å². The van der Waals surface area contributed by atoms with Gasteiger partial charge >= 0.3 is 0 Å². The van der Waals surface area contributed by atoms with Gasteiger partial charge in [0, 0.05) is 25.2 Å². The lowest BCUT2D eigenvalue weighted by atomic mass is 10.1. The lowest BCUT2D eigenvalue weighted by Crippen LogP contribution is -2.32. The van der Waals surface area contributed by atoms with E-state index in [9.17, 15) is 4.79 Å². The first-order valence-electron chi connectivity index (χ1n) is 10.1. The standard InChI is InChI=1S/C20H27N7O/c1-14-17(8-11-20(28)25-12-6-4-5-7-13-25)15(2)26(23-14)19-10-9-18-22-21-16(3)27(18)24-19/h9-10H,4-8,11-13H2,1-3H3. The highest BCUT2D eigenvalue weighted by Crippen LogP contribution is 2.20. The van der Waals surface area contributed by atoms with Crippen LogP contribution >= 0.6 is 0 Å². The Balaban J connectivity index is 1.53. The Bertz CT molecular complexity index is 996. The lowest BCUT2D eigenvalue weighted by Gasteiger charge is -2.20. The van der Waals surface area contributed by atoms with Crippen LogP contribution in [0.25, 0.3) is 11.5 Å². The lowest BCUT2D eigenvalue weighted by molar-refractivity contribution is -0.131. The van der Waals surface area contributed by atoms with Crippen LogP contribution in [0, 0.1) is 20.8 Å². The molecule has 3 aromatic rings. The Morgan fingerprint density at radius 2 is 1.75 bits per heavy atom. The molecule has 0 radical (unpaired) electrons. The maximum atomic E-state index is 12.6. The fourth-order valence-corrected chi connectivity index (χ4v) is 3.97. The zero-order valence-corrected chi connectivity index (χ0v) is 16.9. The molecule has 3 aromatic heterocycles. The van der Waals surface area contributed by atoms with E-state index in [1.54, 1.807) is 4.52 Å². The molecule has 1 aliphatic heterocycles. The summed E-state index contributed by atoms with van der Waals surface area (Å²) in [5, 5.41) is 17.4. The molecule has 0 aliphatic carbocycles. The van der Waals surface area contributed by atoms with Crippen molar-refractivity contribution in [1.82, 2.24) is 34.5 Å². The normalized spacial score (nSPS) is 15.2. The molecule has 0 saturated carbocycles. The predicted octanol–water partition coefficient (Wildman–Crippen LogP) is 2.57. The van der Waals surface area contributed by atoms with Crippen molar-refractivity contribution in [3.05, 3.63) is 34.9 Å². The first kappa shape index (κ1) is 18.6. The predicted molar refractivity (Wildman–Crippen MR) is 105 cm³/mol. The first-order chi connectivity index (χ1) is 13.5. The number of aryl methyl sites for hydroxylation is 2. The van der Waals surface area contributed by atoms with Gasteiger partial charge in [-0.2, -0.15) is 9.61 Å². The van der Waals surface area contributed by atoms with Crippen molar-refractivity contribution in [3.63, 3.8) is 0 Å². The first-order valence-corrected chi connectivity index (χ1v) is 10.1. The van der Waals surface area contributed by atoms with E-state index in [0.717, 1.165) is 54.5 Å². The summed E-state index contributed by atoms with van der Waals surface area (Å²) in [6, 6.07) is 3.79. The summed E-state index contributed by atoms with van der Waals surface area (Å²) in [4.78, 5) is 14.7. The van der Waals surface area contributed by atoms with Crippen molar-refractivity contribution in [1.29, 1.82) is 0 Å². The maximum Gasteiger partial charge on any atom is 0.222 e. The van der Waals surface area contributed by atoms with Gasteiger partial charge < -0.3 is 4.90 Å².